The zero-order valence-electron chi connectivity index (χ0n) is 14.8. The Hall–Kier alpha value is -0.300. The Labute approximate surface area is 136 Å². The van der Waals surface area contributed by atoms with Gasteiger partial charge < -0.3 is 5.11 Å². The van der Waals surface area contributed by atoms with Gasteiger partial charge >= 0.3 is 0 Å². The number of aliphatic hydroxyl groups is 1. The fourth-order valence-corrected chi connectivity index (χ4v) is 7.53. The molecular formula is C21H34O. The number of allylic oxidation sites excluding steroid dienone is 2. The molecule has 0 amide bonds. The maximum atomic E-state index is 10.3. The predicted molar refractivity (Wildman–Crippen MR) is 91.5 cm³/mol. The van der Waals surface area contributed by atoms with Gasteiger partial charge in [-0.2, -0.15) is 0 Å². The Morgan fingerprint density at radius 2 is 1.91 bits per heavy atom. The van der Waals surface area contributed by atoms with Crippen molar-refractivity contribution in [1.82, 2.24) is 0 Å². The van der Waals surface area contributed by atoms with E-state index in [1.165, 1.54) is 57.8 Å². The van der Waals surface area contributed by atoms with Crippen LogP contribution in [0.2, 0.25) is 0 Å². The molecule has 0 spiro atoms. The van der Waals surface area contributed by atoms with Gasteiger partial charge in [-0.3, -0.25) is 0 Å². The minimum Gasteiger partial charge on any atom is -0.393 e. The van der Waals surface area contributed by atoms with Gasteiger partial charge in [0.15, 0.2) is 0 Å². The van der Waals surface area contributed by atoms with Gasteiger partial charge in [0.05, 0.1) is 6.10 Å². The lowest BCUT2D eigenvalue weighted by Gasteiger charge is -2.58. The summed E-state index contributed by atoms with van der Waals surface area (Å²) in [5.74, 6) is 3.23. The van der Waals surface area contributed by atoms with Gasteiger partial charge in [0.25, 0.3) is 0 Å². The molecule has 124 valence electrons. The molecule has 0 aromatic heterocycles. The SMILES string of the molecule is CC(O)[C@H]1CC[C@H]2[C@@H]3CC=C4CCCC[C@]4(C)[C@H]3CC[C@]12C. The third kappa shape index (κ3) is 1.93. The second-order valence-electron chi connectivity index (χ2n) is 9.44. The molecule has 3 saturated carbocycles. The van der Waals surface area contributed by atoms with E-state index in [0.717, 1.165) is 17.8 Å². The van der Waals surface area contributed by atoms with Crippen molar-refractivity contribution >= 4 is 0 Å². The van der Waals surface area contributed by atoms with E-state index in [-0.39, 0.29) is 6.10 Å². The first-order valence-electron chi connectivity index (χ1n) is 9.84. The maximum Gasteiger partial charge on any atom is 0.0545 e. The molecule has 4 aliphatic carbocycles. The highest BCUT2D eigenvalue weighted by molar-refractivity contribution is 5.24. The smallest absolute Gasteiger partial charge is 0.0545 e. The summed E-state index contributed by atoms with van der Waals surface area (Å²) in [6.45, 7) is 7.14. The van der Waals surface area contributed by atoms with E-state index < -0.39 is 0 Å². The highest BCUT2D eigenvalue weighted by Crippen LogP contribution is 2.66. The fourth-order valence-electron chi connectivity index (χ4n) is 7.53. The number of fused-ring (bicyclic) bond motifs is 5. The third-order valence-corrected chi connectivity index (χ3v) is 8.67. The van der Waals surface area contributed by atoms with Crippen LogP contribution in [0, 0.1) is 34.5 Å². The zero-order chi connectivity index (χ0) is 15.5. The highest BCUT2D eigenvalue weighted by atomic mass is 16.3. The van der Waals surface area contributed by atoms with Gasteiger partial charge in [-0.1, -0.05) is 31.9 Å². The van der Waals surface area contributed by atoms with Crippen LogP contribution in [0.3, 0.4) is 0 Å². The van der Waals surface area contributed by atoms with Gasteiger partial charge in [-0.15, -0.1) is 0 Å². The minimum absolute atomic E-state index is 0.119. The summed E-state index contributed by atoms with van der Waals surface area (Å²) in [5.41, 5.74) is 2.74. The Morgan fingerprint density at radius 3 is 2.68 bits per heavy atom. The molecule has 0 radical (unpaired) electrons. The number of aliphatic hydroxyl groups excluding tert-OH is 1. The molecule has 0 aromatic carbocycles. The molecule has 4 aliphatic rings. The number of hydrogen-bond acceptors (Lipinski definition) is 1. The average Bonchev–Trinajstić information content (AvgIpc) is 2.84. The van der Waals surface area contributed by atoms with Crippen LogP contribution < -0.4 is 0 Å². The molecule has 0 saturated heterocycles. The lowest BCUT2D eigenvalue weighted by Crippen LogP contribution is -2.50. The van der Waals surface area contributed by atoms with Crippen LogP contribution >= 0.6 is 0 Å². The molecule has 1 nitrogen and oxygen atoms in total. The lowest BCUT2D eigenvalue weighted by molar-refractivity contribution is -0.0620. The fraction of sp³-hybridized carbons (Fsp3) is 0.905. The summed E-state index contributed by atoms with van der Waals surface area (Å²) in [6.07, 6.45) is 14.9. The quantitative estimate of drug-likeness (QED) is 0.648. The summed E-state index contributed by atoms with van der Waals surface area (Å²) in [5, 5.41) is 10.3. The molecule has 0 aliphatic heterocycles. The second kappa shape index (κ2) is 5.10. The van der Waals surface area contributed by atoms with Crippen molar-refractivity contribution in [2.75, 3.05) is 0 Å². The van der Waals surface area contributed by atoms with Crippen LogP contribution in [0.4, 0.5) is 0 Å². The first-order chi connectivity index (χ1) is 10.5. The predicted octanol–water partition coefficient (Wildman–Crippen LogP) is 5.34. The van der Waals surface area contributed by atoms with Crippen molar-refractivity contribution in [2.24, 2.45) is 34.5 Å². The first-order valence-corrected chi connectivity index (χ1v) is 9.84. The van der Waals surface area contributed by atoms with Crippen molar-refractivity contribution in [3.05, 3.63) is 11.6 Å². The standard InChI is InChI=1S/C21H34O/c1-14(22)17-9-10-18-16-8-7-15-6-4-5-12-20(15,2)19(16)11-13-21(17,18)3/h7,14,16-19,22H,4-6,8-13H2,1-3H3/t14?,16-,17+,18-,19-,20-,21+/m0/s1. The summed E-state index contributed by atoms with van der Waals surface area (Å²) in [4.78, 5) is 0. The van der Waals surface area contributed by atoms with E-state index >= 15 is 0 Å². The normalized spacial score (nSPS) is 52.3. The molecule has 4 rings (SSSR count). The van der Waals surface area contributed by atoms with Gasteiger partial charge in [0.2, 0.25) is 0 Å². The largest absolute Gasteiger partial charge is 0.393 e. The highest BCUT2D eigenvalue weighted by Gasteiger charge is 2.58. The molecule has 1 N–H and O–H groups in total. The molecule has 1 unspecified atom stereocenters. The Bertz CT molecular complexity index is 478. The van der Waals surface area contributed by atoms with Crippen molar-refractivity contribution < 1.29 is 5.11 Å². The lowest BCUT2D eigenvalue weighted by atomic mass is 9.47. The number of hydrogen-bond donors (Lipinski definition) is 1. The van der Waals surface area contributed by atoms with Crippen molar-refractivity contribution in [2.45, 2.75) is 84.7 Å². The van der Waals surface area contributed by atoms with Gasteiger partial charge in [0, 0.05) is 0 Å². The summed E-state index contributed by atoms with van der Waals surface area (Å²) < 4.78 is 0. The summed E-state index contributed by atoms with van der Waals surface area (Å²) in [7, 11) is 0. The molecule has 22 heavy (non-hydrogen) atoms. The maximum absolute atomic E-state index is 10.3. The van der Waals surface area contributed by atoms with E-state index in [0.29, 0.717) is 16.7 Å². The van der Waals surface area contributed by atoms with Crippen LogP contribution in [0.25, 0.3) is 0 Å². The second-order valence-corrected chi connectivity index (χ2v) is 9.44. The van der Waals surface area contributed by atoms with Crippen LogP contribution in [0.5, 0.6) is 0 Å². The Kier molecular flexibility index (Phi) is 3.53. The third-order valence-electron chi connectivity index (χ3n) is 8.67. The van der Waals surface area contributed by atoms with E-state index in [1.807, 2.05) is 12.5 Å². The molecule has 7 atom stereocenters. The molecule has 1 heteroatoms. The van der Waals surface area contributed by atoms with Crippen molar-refractivity contribution in [1.29, 1.82) is 0 Å². The van der Waals surface area contributed by atoms with Crippen molar-refractivity contribution in [3.63, 3.8) is 0 Å². The van der Waals surface area contributed by atoms with Crippen LogP contribution in [0.1, 0.15) is 78.6 Å². The summed E-state index contributed by atoms with van der Waals surface area (Å²) in [6, 6.07) is 0. The topological polar surface area (TPSA) is 20.2 Å². The van der Waals surface area contributed by atoms with Gasteiger partial charge in [-0.05, 0) is 92.8 Å². The molecule has 0 heterocycles. The molecule has 0 aromatic rings. The molecule has 0 bridgehead atoms. The minimum atomic E-state index is -0.119. The Balaban J connectivity index is 1.66. The number of rotatable bonds is 1. The average molecular weight is 303 g/mol. The van der Waals surface area contributed by atoms with Crippen LogP contribution in [0.15, 0.2) is 11.6 Å². The van der Waals surface area contributed by atoms with Crippen molar-refractivity contribution in [3.8, 4) is 0 Å². The van der Waals surface area contributed by atoms with E-state index in [9.17, 15) is 5.11 Å². The van der Waals surface area contributed by atoms with Gasteiger partial charge in [-0.25, -0.2) is 0 Å². The monoisotopic (exact) mass is 302 g/mol. The Morgan fingerprint density at radius 1 is 1.09 bits per heavy atom. The van der Waals surface area contributed by atoms with E-state index in [2.05, 4.69) is 19.9 Å². The first kappa shape index (κ1) is 15.2. The van der Waals surface area contributed by atoms with E-state index in [1.54, 1.807) is 0 Å². The summed E-state index contributed by atoms with van der Waals surface area (Å²) >= 11 is 0. The zero-order valence-corrected chi connectivity index (χ0v) is 14.8. The molecule has 3 fully saturated rings. The molecular weight excluding hydrogens is 268 g/mol. The van der Waals surface area contributed by atoms with Crippen LogP contribution in [-0.2, 0) is 0 Å². The van der Waals surface area contributed by atoms with Crippen LogP contribution in [-0.4, -0.2) is 11.2 Å². The van der Waals surface area contributed by atoms with E-state index in [4.69, 9.17) is 0 Å². The van der Waals surface area contributed by atoms with Gasteiger partial charge in [0.1, 0.15) is 0 Å².